The highest BCUT2D eigenvalue weighted by atomic mass is 35.5. The second kappa shape index (κ2) is 6.51. The molecule has 21 heavy (non-hydrogen) atoms. The molecule has 4 N–H and O–H groups in total. The third-order valence-corrected chi connectivity index (χ3v) is 3.23. The summed E-state index contributed by atoms with van der Waals surface area (Å²) in [6, 6.07) is 8.65. The van der Waals surface area contributed by atoms with Crippen LogP contribution >= 0.6 is 11.6 Å². The van der Waals surface area contributed by atoms with Crippen LogP contribution in [0.25, 0.3) is 0 Å². The van der Waals surface area contributed by atoms with E-state index in [0.29, 0.717) is 5.82 Å². The highest BCUT2D eigenvalue weighted by Crippen LogP contribution is 2.18. The summed E-state index contributed by atoms with van der Waals surface area (Å²) < 4.78 is 12.9. The van der Waals surface area contributed by atoms with Gasteiger partial charge in [0.05, 0.1) is 11.1 Å². The van der Waals surface area contributed by atoms with E-state index >= 15 is 0 Å². The molecule has 0 bridgehead atoms. The molecule has 0 radical (unpaired) electrons. The first-order valence-corrected chi connectivity index (χ1v) is 6.58. The monoisotopic (exact) mass is 308 g/mol. The van der Waals surface area contributed by atoms with Gasteiger partial charge >= 0.3 is 0 Å². The molecule has 0 saturated carbocycles. The fraction of sp³-hybridized carbons (Fsp3) is 0.143. The Morgan fingerprint density at radius 1 is 1.29 bits per heavy atom. The van der Waals surface area contributed by atoms with E-state index < -0.39 is 5.91 Å². The number of nitrogens with zero attached hydrogens (tertiary/aromatic N) is 1. The lowest BCUT2D eigenvalue weighted by Crippen LogP contribution is -2.28. The molecule has 1 unspecified atom stereocenters. The summed E-state index contributed by atoms with van der Waals surface area (Å²) in [5, 5.41) is 2.97. The minimum atomic E-state index is -0.436. The van der Waals surface area contributed by atoms with Gasteiger partial charge in [-0.25, -0.2) is 15.2 Å². The number of halogens is 2. The molecule has 7 heteroatoms. The van der Waals surface area contributed by atoms with Crippen LogP contribution in [0.4, 0.5) is 10.2 Å². The molecule has 0 aliphatic carbocycles. The molecule has 0 fully saturated rings. The summed E-state index contributed by atoms with van der Waals surface area (Å²) in [7, 11) is 0. The number of hydrogen-bond acceptors (Lipinski definition) is 4. The predicted molar refractivity (Wildman–Crippen MR) is 79.3 cm³/mol. The summed E-state index contributed by atoms with van der Waals surface area (Å²) in [6.45, 7) is 1.78. The Morgan fingerprint density at radius 2 is 1.95 bits per heavy atom. The number of nitrogens with two attached hydrogens (primary N) is 1. The average molecular weight is 309 g/mol. The van der Waals surface area contributed by atoms with Crippen molar-refractivity contribution >= 4 is 23.3 Å². The van der Waals surface area contributed by atoms with Crippen molar-refractivity contribution in [2.24, 2.45) is 5.84 Å². The number of rotatable bonds is 4. The predicted octanol–water partition coefficient (Wildman–Crippen LogP) is 2.65. The van der Waals surface area contributed by atoms with Crippen LogP contribution in [0.3, 0.4) is 0 Å². The van der Waals surface area contributed by atoms with Crippen molar-refractivity contribution in [3.05, 3.63) is 58.5 Å². The summed E-state index contributed by atoms with van der Waals surface area (Å²) in [5.74, 6) is 4.82. The van der Waals surface area contributed by atoms with E-state index in [4.69, 9.17) is 17.4 Å². The molecule has 0 spiro atoms. The zero-order valence-corrected chi connectivity index (χ0v) is 12.0. The molecule has 2 aromatic rings. The zero-order chi connectivity index (χ0) is 15.4. The first-order valence-electron chi connectivity index (χ1n) is 6.20. The quantitative estimate of drug-likeness (QED) is 0.599. The SMILES string of the molecule is CC(NC(=O)c1nc(NN)ccc1Cl)c1ccc(F)cc1. The topological polar surface area (TPSA) is 80.0 Å². The smallest absolute Gasteiger partial charge is 0.271 e. The Labute approximate surface area is 126 Å². The standard InChI is InChI=1S/C14H14ClFN4O/c1-8(9-2-4-10(16)5-3-9)18-14(21)13-11(15)6-7-12(19-13)20-17/h2-8H,17H2,1H3,(H,18,21)(H,19,20). The van der Waals surface area contributed by atoms with Gasteiger partial charge in [0.1, 0.15) is 17.3 Å². The van der Waals surface area contributed by atoms with Crippen LogP contribution in [0.5, 0.6) is 0 Å². The van der Waals surface area contributed by atoms with Crippen LogP contribution in [0.1, 0.15) is 29.0 Å². The highest BCUT2D eigenvalue weighted by Gasteiger charge is 2.16. The van der Waals surface area contributed by atoms with Crippen LogP contribution in [0, 0.1) is 5.82 Å². The van der Waals surface area contributed by atoms with Crippen molar-refractivity contribution in [2.45, 2.75) is 13.0 Å². The van der Waals surface area contributed by atoms with E-state index in [1.54, 1.807) is 25.1 Å². The third kappa shape index (κ3) is 3.68. The van der Waals surface area contributed by atoms with Gasteiger partial charge in [-0.1, -0.05) is 23.7 Å². The molecule has 0 saturated heterocycles. The van der Waals surface area contributed by atoms with Crippen LogP contribution in [-0.2, 0) is 0 Å². The van der Waals surface area contributed by atoms with Gasteiger partial charge in [0.2, 0.25) is 0 Å². The number of anilines is 1. The van der Waals surface area contributed by atoms with Crippen molar-refractivity contribution in [1.29, 1.82) is 0 Å². The normalized spacial score (nSPS) is 11.8. The zero-order valence-electron chi connectivity index (χ0n) is 11.2. The maximum atomic E-state index is 12.9. The lowest BCUT2D eigenvalue weighted by molar-refractivity contribution is 0.0935. The van der Waals surface area contributed by atoms with E-state index in [9.17, 15) is 9.18 Å². The fourth-order valence-corrected chi connectivity index (χ4v) is 1.97. The van der Waals surface area contributed by atoms with E-state index in [2.05, 4.69) is 15.7 Å². The van der Waals surface area contributed by atoms with E-state index in [1.165, 1.54) is 18.2 Å². The van der Waals surface area contributed by atoms with Crippen LogP contribution in [-0.4, -0.2) is 10.9 Å². The van der Waals surface area contributed by atoms with Crippen LogP contribution in [0.2, 0.25) is 5.02 Å². The second-order valence-corrected chi connectivity index (χ2v) is 4.83. The van der Waals surface area contributed by atoms with Gasteiger partial charge in [0.15, 0.2) is 0 Å². The number of carbonyl (C=O) groups excluding carboxylic acids is 1. The maximum absolute atomic E-state index is 12.9. The number of nitrogen functional groups attached to an aromatic ring is 1. The number of amides is 1. The van der Waals surface area contributed by atoms with Crippen molar-refractivity contribution in [2.75, 3.05) is 5.43 Å². The second-order valence-electron chi connectivity index (χ2n) is 4.42. The van der Waals surface area contributed by atoms with Gasteiger partial charge in [0, 0.05) is 0 Å². The number of nitrogens with one attached hydrogen (secondary N) is 2. The summed E-state index contributed by atoms with van der Waals surface area (Å²) in [5.41, 5.74) is 3.19. The van der Waals surface area contributed by atoms with Gasteiger partial charge in [-0.2, -0.15) is 0 Å². The van der Waals surface area contributed by atoms with Crippen molar-refractivity contribution in [1.82, 2.24) is 10.3 Å². The molecule has 1 amide bonds. The Balaban J connectivity index is 2.15. The number of aromatic nitrogens is 1. The molecule has 1 heterocycles. The number of benzene rings is 1. The number of pyridine rings is 1. The fourth-order valence-electron chi connectivity index (χ4n) is 1.78. The Kier molecular flexibility index (Phi) is 4.72. The van der Waals surface area contributed by atoms with E-state index in [-0.39, 0.29) is 22.6 Å². The van der Waals surface area contributed by atoms with Gasteiger partial charge in [-0.05, 0) is 36.8 Å². The minimum Gasteiger partial charge on any atom is -0.344 e. The summed E-state index contributed by atoms with van der Waals surface area (Å²) in [4.78, 5) is 16.2. The van der Waals surface area contributed by atoms with Crippen molar-refractivity contribution in [3.8, 4) is 0 Å². The molecule has 0 aliphatic heterocycles. The molecule has 2 rings (SSSR count). The van der Waals surface area contributed by atoms with Crippen molar-refractivity contribution in [3.63, 3.8) is 0 Å². The number of hydrogen-bond donors (Lipinski definition) is 3. The molecule has 5 nitrogen and oxygen atoms in total. The lowest BCUT2D eigenvalue weighted by Gasteiger charge is -2.15. The Hall–Kier alpha value is -2.18. The minimum absolute atomic E-state index is 0.0704. The van der Waals surface area contributed by atoms with Crippen LogP contribution < -0.4 is 16.6 Å². The number of hydrazine groups is 1. The summed E-state index contributed by atoms with van der Waals surface area (Å²) in [6.07, 6.45) is 0. The molecule has 110 valence electrons. The van der Waals surface area contributed by atoms with E-state index in [0.717, 1.165) is 5.56 Å². The van der Waals surface area contributed by atoms with Gasteiger partial charge < -0.3 is 10.7 Å². The van der Waals surface area contributed by atoms with Gasteiger partial charge in [0.25, 0.3) is 5.91 Å². The van der Waals surface area contributed by atoms with E-state index in [1.807, 2.05) is 0 Å². The lowest BCUT2D eigenvalue weighted by atomic mass is 10.1. The summed E-state index contributed by atoms with van der Waals surface area (Å²) >= 11 is 5.96. The maximum Gasteiger partial charge on any atom is 0.271 e. The first kappa shape index (κ1) is 15.2. The Bertz CT molecular complexity index is 648. The molecular weight excluding hydrogens is 295 g/mol. The largest absolute Gasteiger partial charge is 0.344 e. The Morgan fingerprint density at radius 3 is 2.57 bits per heavy atom. The van der Waals surface area contributed by atoms with Gasteiger partial charge in [-0.15, -0.1) is 0 Å². The molecule has 1 aromatic carbocycles. The molecule has 1 aromatic heterocycles. The molecule has 1 atom stereocenters. The molecular formula is C14H14ClFN4O. The average Bonchev–Trinajstić information content (AvgIpc) is 2.48. The van der Waals surface area contributed by atoms with Crippen LogP contribution in [0.15, 0.2) is 36.4 Å². The highest BCUT2D eigenvalue weighted by molar-refractivity contribution is 6.33. The third-order valence-electron chi connectivity index (χ3n) is 2.93. The number of carbonyl (C=O) groups is 1. The first-order chi connectivity index (χ1) is 10.0. The van der Waals surface area contributed by atoms with Gasteiger partial charge in [-0.3, -0.25) is 4.79 Å². The van der Waals surface area contributed by atoms with Crippen molar-refractivity contribution < 1.29 is 9.18 Å². The molecule has 0 aliphatic rings.